The van der Waals surface area contributed by atoms with Crippen molar-refractivity contribution in [3.05, 3.63) is 59.9 Å². The van der Waals surface area contributed by atoms with Crippen LogP contribution in [0.5, 0.6) is 0 Å². The first-order chi connectivity index (χ1) is 13.4. The quantitative estimate of drug-likeness (QED) is 0.713. The van der Waals surface area contributed by atoms with Crippen molar-refractivity contribution in [2.75, 3.05) is 13.6 Å². The smallest absolute Gasteiger partial charge is 0.354 e. The SMILES string of the molecule is CN1CC[C@@](O)(c2cc(-c3cccc(-c4cccc(C(=O)O)n4)c3)on2)C1=O. The number of benzene rings is 1. The van der Waals surface area contributed by atoms with E-state index in [2.05, 4.69) is 10.1 Å². The van der Waals surface area contributed by atoms with Crippen molar-refractivity contribution in [1.29, 1.82) is 0 Å². The second kappa shape index (κ2) is 6.58. The van der Waals surface area contributed by atoms with E-state index < -0.39 is 17.5 Å². The molecular formula is C20H17N3O5. The predicted molar refractivity (Wildman–Crippen MR) is 98.3 cm³/mol. The number of nitrogens with zero attached hydrogens (tertiary/aromatic N) is 3. The highest BCUT2D eigenvalue weighted by Crippen LogP contribution is 2.34. The van der Waals surface area contributed by atoms with Crippen molar-refractivity contribution >= 4 is 11.9 Å². The van der Waals surface area contributed by atoms with E-state index in [0.717, 1.165) is 0 Å². The third-order valence-electron chi connectivity index (χ3n) is 4.85. The Kier molecular flexibility index (Phi) is 4.20. The molecule has 0 aliphatic carbocycles. The Morgan fingerprint density at radius 2 is 1.93 bits per heavy atom. The number of rotatable bonds is 4. The van der Waals surface area contributed by atoms with Crippen LogP contribution in [-0.2, 0) is 10.4 Å². The van der Waals surface area contributed by atoms with E-state index in [1.807, 2.05) is 0 Å². The Bertz CT molecular complexity index is 1080. The van der Waals surface area contributed by atoms with Gasteiger partial charge in [0.15, 0.2) is 11.4 Å². The first kappa shape index (κ1) is 17.9. The number of aromatic nitrogens is 2. The number of carbonyl (C=O) groups excluding carboxylic acids is 1. The molecule has 1 aliphatic rings. The number of pyridine rings is 1. The predicted octanol–water partition coefficient (Wildman–Crippen LogP) is 2.15. The van der Waals surface area contributed by atoms with Crippen molar-refractivity contribution in [3.63, 3.8) is 0 Å². The molecule has 8 nitrogen and oxygen atoms in total. The van der Waals surface area contributed by atoms with Gasteiger partial charge in [-0.05, 0) is 18.2 Å². The highest BCUT2D eigenvalue weighted by atomic mass is 16.5. The highest BCUT2D eigenvalue weighted by Gasteiger charge is 2.47. The summed E-state index contributed by atoms with van der Waals surface area (Å²) >= 11 is 0. The summed E-state index contributed by atoms with van der Waals surface area (Å²) in [4.78, 5) is 29.0. The van der Waals surface area contributed by atoms with Gasteiger partial charge < -0.3 is 19.6 Å². The fourth-order valence-corrected chi connectivity index (χ4v) is 3.24. The van der Waals surface area contributed by atoms with Crippen molar-refractivity contribution in [2.45, 2.75) is 12.0 Å². The Hall–Kier alpha value is -3.52. The monoisotopic (exact) mass is 379 g/mol. The Morgan fingerprint density at radius 3 is 2.64 bits per heavy atom. The molecule has 0 spiro atoms. The van der Waals surface area contributed by atoms with Crippen LogP contribution < -0.4 is 0 Å². The van der Waals surface area contributed by atoms with Gasteiger partial charge in [-0.25, -0.2) is 9.78 Å². The number of amides is 1. The van der Waals surface area contributed by atoms with Gasteiger partial charge in [-0.15, -0.1) is 0 Å². The fraction of sp³-hybridized carbons (Fsp3) is 0.200. The minimum Gasteiger partial charge on any atom is -0.477 e. The normalized spacial score (nSPS) is 19.2. The van der Waals surface area contributed by atoms with Gasteiger partial charge in [-0.1, -0.05) is 29.4 Å². The summed E-state index contributed by atoms with van der Waals surface area (Å²) in [5.74, 6) is -1.12. The molecule has 8 heteroatoms. The number of hydrogen-bond acceptors (Lipinski definition) is 6. The van der Waals surface area contributed by atoms with Gasteiger partial charge >= 0.3 is 5.97 Å². The lowest BCUT2D eigenvalue weighted by Crippen LogP contribution is -2.36. The van der Waals surface area contributed by atoms with E-state index in [0.29, 0.717) is 29.1 Å². The molecule has 4 rings (SSSR count). The first-order valence-electron chi connectivity index (χ1n) is 8.65. The van der Waals surface area contributed by atoms with Gasteiger partial charge in [-0.2, -0.15) is 0 Å². The minimum atomic E-state index is -1.68. The van der Waals surface area contributed by atoms with Crippen LogP contribution in [0.1, 0.15) is 22.6 Å². The van der Waals surface area contributed by atoms with Crippen LogP contribution in [0.15, 0.2) is 53.1 Å². The molecule has 3 aromatic rings. The molecule has 1 fully saturated rings. The van der Waals surface area contributed by atoms with Crippen molar-refractivity contribution < 1.29 is 24.3 Å². The summed E-state index contributed by atoms with van der Waals surface area (Å²) in [5, 5.41) is 23.7. The largest absolute Gasteiger partial charge is 0.477 e. The molecule has 28 heavy (non-hydrogen) atoms. The van der Waals surface area contributed by atoms with Crippen LogP contribution in [0, 0.1) is 0 Å². The van der Waals surface area contributed by atoms with Crippen LogP contribution in [-0.4, -0.2) is 50.7 Å². The number of likely N-dealkylation sites (tertiary alicyclic amines) is 1. The number of aliphatic hydroxyl groups is 1. The number of aromatic carboxylic acids is 1. The van der Waals surface area contributed by atoms with Gasteiger partial charge in [0.1, 0.15) is 11.4 Å². The zero-order chi connectivity index (χ0) is 19.9. The second-order valence-corrected chi connectivity index (χ2v) is 6.71. The van der Waals surface area contributed by atoms with Gasteiger partial charge in [0.2, 0.25) is 0 Å². The summed E-state index contributed by atoms with van der Waals surface area (Å²) < 4.78 is 5.37. The summed E-state index contributed by atoms with van der Waals surface area (Å²) in [5.41, 5.74) is 0.331. The molecule has 2 aromatic heterocycles. The van der Waals surface area contributed by atoms with Crippen LogP contribution in [0.4, 0.5) is 0 Å². The number of carboxylic acid groups (broad SMARTS) is 1. The summed E-state index contributed by atoms with van der Waals surface area (Å²) in [6, 6.07) is 13.5. The topological polar surface area (TPSA) is 117 Å². The van der Waals surface area contributed by atoms with Gasteiger partial charge in [0, 0.05) is 37.2 Å². The van der Waals surface area contributed by atoms with E-state index >= 15 is 0 Å². The maximum atomic E-state index is 12.2. The second-order valence-electron chi connectivity index (χ2n) is 6.71. The van der Waals surface area contributed by atoms with Gasteiger partial charge in [0.05, 0.1) is 5.69 Å². The summed E-state index contributed by atoms with van der Waals surface area (Å²) in [6.07, 6.45) is 0.250. The third kappa shape index (κ3) is 2.93. The summed E-state index contributed by atoms with van der Waals surface area (Å²) in [6.45, 7) is 0.443. The molecule has 1 amide bonds. The standard InChI is InChI=1S/C20H17N3O5/c1-23-9-8-20(27,19(23)26)17-11-16(28-22-17)13-5-2-4-12(10-13)14-6-3-7-15(21-14)18(24)25/h2-7,10-11,27H,8-9H2,1H3,(H,24,25)/t20-/m1/s1. The molecule has 1 aromatic carbocycles. The average molecular weight is 379 g/mol. The first-order valence-corrected chi connectivity index (χ1v) is 8.65. The number of likely N-dealkylation sites (N-methyl/N-ethyl adjacent to an activating group) is 1. The summed E-state index contributed by atoms with van der Waals surface area (Å²) in [7, 11) is 1.63. The van der Waals surface area contributed by atoms with E-state index in [9.17, 15) is 14.7 Å². The maximum absolute atomic E-state index is 12.2. The van der Waals surface area contributed by atoms with E-state index in [-0.39, 0.29) is 17.8 Å². The Labute approximate surface area is 160 Å². The molecule has 1 atom stereocenters. The Morgan fingerprint density at radius 1 is 1.18 bits per heavy atom. The van der Waals surface area contributed by atoms with Crippen LogP contribution in [0.2, 0.25) is 0 Å². The van der Waals surface area contributed by atoms with E-state index in [1.165, 1.54) is 11.0 Å². The highest BCUT2D eigenvalue weighted by molar-refractivity contribution is 5.88. The van der Waals surface area contributed by atoms with Crippen LogP contribution in [0.3, 0.4) is 0 Å². The molecule has 2 N–H and O–H groups in total. The maximum Gasteiger partial charge on any atom is 0.354 e. The number of carbonyl (C=O) groups is 2. The van der Waals surface area contributed by atoms with E-state index in [4.69, 9.17) is 9.63 Å². The Balaban J connectivity index is 1.68. The van der Waals surface area contributed by atoms with Crippen LogP contribution >= 0.6 is 0 Å². The molecule has 3 heterocycles. The van der Waals surface area contributed by atoms with Crippen LogP contribution in [0.25, 0.3) is 22.6 Å². The van der Waals surface area contributed by atoms with E-state index in [1.54, 1.807) is 49.5 Å². The lowest BCUT2D eigenvalue weighted by molar-refractivity contribution is -0.143. The zero-order valence-corrected chi connectivity index (χ0v) is 15.0. The molecule has 0 bridgehead atoms. The lowest BCUT2D eigenvalue weighted by atomic mass is 9.97. The molecule has 0 saturated carbocycles. The van der Waals surface area contributed by atoms with Gasteiger partial charge in [-0.3, -0.25) is 4.79 Å². The van der Waals surface area contributed by atoms with Crippen molar-refractivity contribution in [1.82, 2.24) is 15.0 Å². The number of hydrogen-bond donors (Lipinski definition) is 2. The lowest BCUT2D eigenvalue weighted by Gasteiger charge is -2.16. The van der Waals surface area contributed by atoms with Gasteiger partial charge in [0.25, 0.3) is 5.91 Å². The van der Waals surface area contributed by atoms with Crippen molar-refractivity contribution in [3.8, 4) is 22.6 Å². The molecule has 1 aliphatic heterocycles. The molecule has 0 radical (unpaired) electrons. The van der Waals surface area contributed by atoms with Crippen molar-refractivity contribution in [2.24, 2.45) is 0 Å². The zero-order valence-electron chi connectivity index (χ0n) is 15.0. The molecule has 1 saturated heterocycles. The third-order valence-corrected chi connectivity index (χ3v) is 4.85. The minimum absolute atomic E-state index is 0.0454. The molecule has 142 valence electrons. The fourth-order valence-electron chi connectivity index (χ4n) is 3.24. The molecule has 0 unspecified atom stereocenters. The molecular weight excluding hydrogens is 362 g/mol. The average Bonchev–Trinajstić information content (AvgIpc) is 3.31. The number of carboxylic acids is 1.